The lowest BCUT2D eigenvalue weighted by Gasteiger charge is -2.10. The molecule has 0 aromatic heterocycles. The average Bonchev–Trinajstić information content (AvgIpc) is 2.72. The first-order valence-electron chi connectivity index (χ1n) is 8.82. The number of rotatable bonds is 10. The summed E-state index contributed by atoms with van der Waals surface area (Å²) in [5.74, 6) is -0.379. The second-order valence-electron chi connectivity index (χ2n) is 6.11. The summed E-state index contributed by atoms with van der Waals surface area (Å²) in [4.78, 5) is 11.4. The zero-order valence-electron chi connectivity index (χ0n) is 15.8. The fourth-order valence-electron chi connectivity index (χ4n) is 2.57. The highest BCUT2D eigenvalue weighted by atomic mass is 16.7. The van der Waals surface area contributed by atoms with Crippen LogP contribution in [0.5, 0.6) is 0 Å². The van der Waals surface area contributed by atoms with Crippen molar-refractivity contribution in [2.24, 2.45) is 0 Å². The molecule has 27 heavy (non-hydrogen) atoms. The van der Waals surface area contributed by atoms with Crippen molar-refractivity contribution in [3.63, 3.8) is 0 Å². The second kappa shape index (κ2) is 11.3. The number of ether oxygens (including phenoxy) is 3. The molecular weight excluding hydrogens is 344 g/mol. The molecule has 2 aromatic rings. The summed E-state index contributed by atoms with van der Waals surface area (Å²) in [5, 5.41) is 10.3. The van der Waals surface area contributed by atoms with Crippen LogP contribution in [0.25, 0.3) is 6.08 Å². The molecule has 144 valence electrons. The van der Waals surface area contributed by atoms with E-state index < -0.39 is 6.10 Å². The van der Waals surface area contributed by atoms with Gasteiger partial charge in [0.15, 0.2) is 0 Å². The predicted molar refractivity (Wildman–Crippen MR) is 104 cm³/mol. The minimum absolute atomic E-state index is 0.287. The highest BCUT2D eigenvalue weighted by Crippen LogP contribution is 2.20. The third-order valence-electron chi connectivity index (χ3n) is 4.08. The Labute approximate surface area is 160 Å². The Kier molecular flexibility index (Phi) is 8.71. The number of hydrogen-bond acceptors (Lipinski definition) is 5. The van der Waals surface area contributed by atoms with Crippen LogP contribution < -0.4 is 0 Å². The molecule has 2 rings (SSSR count). The number of aliphatic hydroxyl groups is 1. The normalized spacial score (nSPS) is 12.3. The van der Waals surface area contributed by atoms with E-state index in [2.05, 4.69) is 4.74 Å². The Balaban J connectivity index is 1.78. The van der Waals surface area contributed by atoms with Gasteiger partial charge < -0.3 is 19.3 Å². The van der Waals surface area contributed by atoms with E-state index in [1.165, 1.54) is 7.11 Å². The molecule has 2 aromatic carbocycles. The lowest BCUT2D eigenvalue weighted by Crippen LogP contribution is -2.02. The van der Waals surface area contributed by atoms with Crippen molar-refractivity contribution in [1.29, 1.82) is 0 Å². The topological polar surface area (TPSA) is 65.0 Å². The van der Waals surface area contributed by atoms with Crippen molar-refractivity contribution in [2.45, 2.75) is 25.6 Å². The Hall–Kier alpha value is -2.47. The Morgan fingerprint density at radius 3 is 2.41 bits per heavy atom. The average molecular weight is 370 g/mol. The first-order chi connectivity index (χ1) is 13.1. The van der Waals surface area contributed by atoms with Crippen molar-refractivity contribution in [2.75, 3.05) is 21.0 Å². The Bertz CT molecular complexity index is 719. The van der Waals surface area contributed by atoms with Crippen molar-refractivity contribution in [1.82, 2.24) is 0 Å². The lowest BCUT2D eigenvalue weighted by molar-refractivity contribution is -0.0390. The maximum Gasteiger partial charge on any atom is 0.337 e. The van der Waals surface area contributed by atoms with Gasteiger partial charge in [-0.15, -0.1) is 0 Å². The summed E-state index contributed by atoms with van der Waals surface area (Å²) in [6, 6.07) is 14.9. The van der Waals surface area contributed by atoms with Crippen molar-refractivity contribution < 1.29 is 24.1 Å². The zero-order chi connectivity index (χ0) is 19.5. The van der Waals surface area contributed by atoms with E-state index in [1.807, 2.05) is 36.4 Å². The molecule has 0 aliphatic carbocycles. The predicted octanol–water partition coefficient (Wildman–Crippen LogP) is 4.12. The number of benzene rings is 2. The zero-order valence-corrected chi connectivity index (χ0v) is 15.8. The number of carbonyl (C=O) groups is 1. The summed E-state index contributed by atoms with van der Waals surface area (Å²) < 4.78 is 14.8. The summed E-state index contributed by atoms with van der Waals surface area (Å²) in [6.07, 6.45) is 4.87. The molecular formula is C22H26O5. The summed E-state index contributed by atoms with van der Waals surface area (Å²) >= 11 is 0. The number of esters is 1. The van der Waals surface area contributed by atoms with Gasteiger partial charge in [0.05, 0.1) is 25.4 Å². The van der Waals surface area contributed by atoms with Crippen LogP contribution in [0.4, 0.5) is 0 Å². The van der Waals surface area contributed by atoms with Gasteiger partial charge in [-0.2, -0.15) is 0 Å². The van der Waals surface area contributed by atoms with Gasteiger partial charge in [-0.25, -0.2) is 4.79 Å². The van der Waals surface area contributed by atoms with Gasteiger partial charge in [-0.3, -0.25) is 0 Å². The number of methoxy groups -OCH3 is 2. The van der Waals surface area contributed by atoms with Crippen molar-refractivity contribution in [3.8, 4) is 0 Å². The minimum atomic E-state index is -0.568. The molecule has 1 N–H and O–H groups in total. The molecule has 1 atom stereocenters. The van der Waals surface area contributed by atoms with Crippen LogP contribution in [-0.4, -0.2) is 32.1 Å². The first-order valence-corrected chi connectivity index (χ1v) is 8.82. The van der Waals surface area contributed by atoms with Crippen LogP contribution in [-0.2, 0) is 20.8 Å². The smallest absolute Gasteiger partial charge is 0.337 e. The Morgan fingerprint density at radius 2 is 1.78 bits per heavy atom. The first kappa shape index (κ1) is 20.8. The van der Waals surface area contributed by atoms with E-state index in [0.29, 0.717) is 18.6 Å². The molecule has 0 saturated carbocycles. The highest BCUT2D eigenvalue weighted by molar-refractivity contribution is 5.89. The third-order valence-corrected chi connectivity index (χ3v) is 4.08. The summed E-state index contributed by atoms with van der Waals surface area (Å²) in [5.41, 5.74) is 3.46. The van der Waals surface area contributed by atoms with E-state index in [0.717, 1.165) is 23.1 Å². The fraction of sp³-hybridized carbons (Fsp3) is 0.318. The van der Waals surface area contributed by atoms with E-state index >= 15 is 0 Å². The molecule has 5 heteroatoms. The standard InChI is InChI=1S/C22H26O5/c1-25-16-27-15-18-9-7-17(8-10-18)5-3-4-6-21(23)19-11-13-20(14-12-19)22(24)26-2/h3,5,7-14,21,23H,4,6,15-16H2,1-2H3/b5-3+. The van der Waals surface area contributed by atoms with Gasteiger partial charge in [0.25, 0.3) is 0 Å². The quantitative estimate of drug-likeness (QED) is 0.387. The van der Waals surface area contributed by atoms with Crippen LogP contribution in [0, 0.1) is 0 Å². The number of hydrogen-bond donors (Lipinski definition) is 1. The monoisotopic (exact) mass is 370 g/mol. The van der Waals surface area contributed by atoms with Gasteiger partial charge in [0.1, 0.15) is 6.79 Å². The molecule has 0 saturated heterocycles. The molecule has 0 bridgehead atoms. The SMILES string of the molecule is COCOCc1ccc(/C=C/CCC(O)c2ccc(C(=O)OC)cc2)cc1. The van der Waals surface area contributed by atoms with Gasteiger partial charge in [-0.05, 0) is 41.7 Å². The van der Waals surface area contributed by atoms with E-state index in [-0.39, 0.29) is 12.8 Å². The number of allylic oxidation sites excluding steroid dienone is 1. The molecule has 0 heterocycles. The largest absolute Gasteiger partial charge is 0.465 e. The van der Waals surface area contributed by atoms with Gasteiger partial charge in [0, 0.05) is 7.11 Å². The van der Waals surface area contributed by atoms with E-state index in [9.17, 15) is 9.90 Å². The molecule has 0 fully saturated rings. The second-order valence-corrected chi connectivity index (χ2v) is 6.11. The summed E-state index contributed by atoms with van der Waals surface area (Å²) in [7, 11) is 2.95. The van der Waals surface area contributed by atoms with Crippen LogP contribution in [0.3, 0.4) is 0 Å². The Morgan fingerprint density at radius 1 is 1.07 bits per heavy atom. The van der Waals surface area contributed by atoms with Gasteiger partial charge >= 0.3 is 5.97 Å². The molecule has 0 radical (unpaired) electrons. The van der Waals surface area contributed by atoms with E-state index in [1.54, 1.807) is 31.4 Å². The summed E-state index contributed by atoms with van der Waals surface area (Å²) in [6.45, 7) is 0.814. The third kappa shape index (κ3) is 6.98. The minimum Gasteiger partial charge on any atom is -0.465 e. The van der Waals surface area contributed by atoms with Crippen LogP contribution in [0.2, 0.25) is 0 Å². The van der Waals surface area contributed by atoms with Crippen LogP contribution in [0.1, 0.15) is 46.0 Å². The number of aliphatic hydroxyl groups excluding tert-OH is 1. The van der Waals surface area contributed by atoms with Crippen molar-refractivity contribution >= 4 is 12.0 Å². The van der Waals surface area contributed by atoms with Gasteiger partial charge in [-0.1, -0.05) is 48.6 Å². The maximum atomic E-state index is 11.4. The molecule has 0 spiro atoms. The molecule has 0 aliphatic heterocycles. The fourth-order valence-corrected chi connectivity index (χ4v) is 2.57. The molecule has 0 aliphatic rings. The van der Waals surface area contributed by atoms with Crippen LogP contribution in [0.15, 0.2) is 54.6 Å². The van der Waals surface area contributed by atoms with E-state index in [4.69, 9.17) is 9.47 Å². The van der Waals surface area contributed by atoms with Crippen LogP contribution >= 0.6 is 0 Å². The maximum absolute atomic E-state index is 11.4. The van der Waals surface area contributed by atoms with Gasteiger partial charge in [0.2, 0.25) is 0 Å². The number of carbonyl (C=O) groups excluding carboxylic acids is 1. The lowest BCUT2D eigenvalue weighted by atomic mass is 10.0. The molecule has 5 nitrogen and oxygen atoms in total. The highest BCUT2D eigenvalue weighted by Gasteiger charge is 2.09. The molecule has 1 unspecified atom stereocenters. The van der Waals surface area contributed by atoms with Crippen molar-refractivity contribution in [3.05, 3.63) is 76.9 Å². The molecule has 0 amide bonds.